The summed E-state index contributed by atoms with van der Waals surface area (Å²) < 4.78 is 7.49. The molecule has 1 aromatic carbocycles. The van der Waals surface area contributed by atoms with Gasteiger partial charge in [0, 0.05) is 19.7 Å². The van der Waals surface area contributed by atoms with Gasteiger partial charge in [-0.05, 0) is 30.3 Å². The second-order valence-corrected chi connectivity index (χ2v) is 5.16. The Hall–Kier alpha value is -3.09. The van der Waals surface area contributed by atoms with Crippen LogP contribution in [0.3, 0.4) is 0 Å². The molecule has 0 aliphatic carbocycles. The van der Waals surface area contributed by atoms with Gasteiger partial charge in [-0.25, -0.2) is 9.78 Å². The van der Waals surface area contributed by atoms with Crippen LogP contribution in [0.5, 0.6) is 11.5 Å². The third kappa shape index (κ3) is 2.26. The number of phenols is 1. The molecule has 2 aromatic heterocycles. The number of hydrogen-bond acceptors (Lipinski definition) is 5. The number of phenolic OH excluding ortho intramolecular Hbond substituents is 1. The van der Waals surface area contributed by atoms with Gasteiger partial charge in [0.15, 0.2) is 0 Å². The normalized spacial score (nSPS) is 10.9. The molecule has 7 nitrogen and oxygen atoms in total. The molecular formula is C16H15N3O4. The van der Waals surface area contributed by atoms with Crippen LogP contribution in [0.1, 0.15) is 0 Å². The van der Waals surface area contributed by atoms with E-state index in [4.69, 9.17) is 4.74 Å². The van der Waals surface area contributed by atoms with E-state index in [0.29, 0.717) is 22.4 Å². The van der Waals surface area contributed by atoms with Gasteiger partial charge < -0.3 is 9.84 Å². The number of aryl methyl sites for hydroxylation is 1. The van der Waals surface area contributed by atoms with Crippen molar-refractivity contribution in [1.29, 1.82) is 0 Å². The summed E-state index contributed by atoms with van der Waals surface area (Å²) in [7, 11) is 4.50. The van der Waals surface area contributed by atoms with E-state index >= 15 is 0 Å². The minimum Gasteiger partial charge on any atom is -0.507 e. The first-order chi connectivity index (χ1) is 10.9. The highest BCUT2D eigenvalue weighted by molar-refractivity contribution is 5.79. The molecule has 0 spiro atoms. The summed E-state index contributed by atoms with van der Waals surface area (Å²) in [6.07, 6.45) is 0. The van der Waals surface area contributed by atoms with E-state index in [1.165, 1.54) is 24.8 Å². The Morgan fingerprint density at radius 1 is 1.09 bits per heavy atom. The number of hydrogen-bond donors (Lipinski definition) is 1. The summed E-state index contributed by atoms with van der Waals surface area (Å²) in [5, 5.41) is 10.4. The van der Waals surface area contributed by atoms with E-state index < -0.39 is 11.2 Å². The lowest BCUT2D eigenvalue weighted by molar-refractivity contribution is 0.412. The van der Waals surface area contributed by atoms with Crippen LogP contribution < -0.4 is 16.0 Å². The van der Waals surface area contributed by atoms with Gasteiger partial charge in [-0.15, -0.1) is 0 Å². The molecule has 3 rings (SSSR count). The SMILES string of the molecule is COc1ccc(O)c(-c2ccc3c(=O)n(C)c(=O)n(C)c3n2)c1. The first kappa shape index (κ1) is 14.8. The predicted octanol–water partition coefficient (Wildman–Crippen LogP) is 1.01. The zero-order valence-electron chi connectivity index (χ0n) is 12.9. The summed E-state index contributed by atoms with van der Waals surface area (Å²) in [6.45, 7) is 0. The largest absolute Gasteiger partial charge is 0.507 e. The summed E-state index contributed by atoms with van der Waals surface area (Å²) in [5.74, 6) is 0.601. The Morgan fingerprint density at radius 3 is 2.52 bits per heavy atom. The molecule has 3 aromatic rings. The van der Waals surface area contributed by atoms with Crippen LogP contribution in [0.15, 0.2) is 39.9 Å². The van der Waals surface area contributed by atoms with E-state index in [9.17, 15) is 14.7 Å². The molecule has 0 atom stereocenters. The maximum atomic E-state index is 12.2. The monoisotopic (exact) mass is 313 g/mol. The number of aromatic hydroxyl groups is 1. The predicted molar refractivity (Wildman–Crippen MR) is 85.9 cm³/mol. The number of benzene rings is 1. The van der Waals surface area contributed by atoms with Crippen molar-refractivity contribution in [2.45, 2.75) is 0 Å². The minimum atomic E-state index is -0.456. The fourth-order valence-electron chi connectivity index (χ4n) is 2.45. The van der Waals surface area contributed by atoms with Gasteiger partial charge in [0.25, 0.3) is 5.56 Å². The molecule has 118 valence electrons. The molecule has 0 bridgehead atoms. The van der Waals surface area contributed by atoms with Crippen LogP contribution in [-0.2, 0) is 14.1 Å². The number of methoxy groups -OCH3 is 1. The van der Waals surface area contributed by atoms with Crippen molar-refractivity contribution >= 4 is 11.0 Å². The molecule has 1 N–H and O–H groups in total. The minimum absolute atomic E-state index is 0.0338. The molecule has 0 aliphatic rings. The van der Waals surface area contributed by atoms with E-state index in [1.807, 2.05) is 0 Å². The number of fused-ring (bicyclic) bond motifs is 1. The van der Waals surface area contributed by atoms with Crippen molar-refractivity contribution in [2.75, 3.05) is 7.11 Å². The number of ether oxygens (including phenoxy) is 1. The van der Waals surface area contributed by atoms with E-state index in [0.717, 1.165) is 4.57 Å². The van der Waals surface area contributed by atoms with Crippen LogP contribution in [0, 0.1) is 0 Å². The van der Waals surface area contributed by atoms with Crippen molar-refractivity contribution in [2.24, 2.45) is 14.1 Å². The van der Waals surface area contributed by atoms with Crippen LogP contribution >= 0.6 is 0 Å². The van der Waals surface area contributed by atoms with E-state index in [1.54, 1.807) is 31.3 Å². The van der Waals surface area contributed by atoms with Crippen LogP contribution in [0.25, 0.3) is 22.3 Å². The molecule has 7 heteroatoms. The van der Waals surface area contributed by atoms with Crippen LogP contribution in [0.4, 0.5) is 0 Å². The molecule has 0 unspecified atom stereocenters. The lowest BCUT2D eigenvalue weighted by Gasteiger charge is -2.10. The molecule has 23 heavy (non-hydrogen) atoms. The van der Waals surface area contributed by atoms with E-state index in [2.05, 4.69) is 4.98 Å². The topological polar surface area (TPSA) is 86.4 Å². The van der Waals surface area contributed by atoms with Gasteiger partial charge >= 0.3 is 5.69 Å². The quantitative estimate of drug-likeness (QED) is 0.763. The van der Waals surface area contributed by atoms with Crippen LogP contribution in [0.2, 0.25) is 0 Å². The molecule has 2 heterocycles. The standard InChI is InChI=1S/C16H15N3O4/c1-18-14-10(15(21)19(2)16(18)22)5-6-12(17-14)11-8-9(23-3)4-7-13(11)20/h4-8,20H,1-3H3. The zero-order chi connectivity index (χ0) is 16.7. The third-order valence-electron chi connectivity index (χ3n) is 3.78. The van der Waals surface area contributed by atoms with Gasteiger partial charge in [0.05, 0.1) is 18.2 Å². The fourth-order valence-corrected chi connectivity index (χ4v) is 2.45. The smallest absolute Gasteiger partial charge is 0.332 e. The van der Waals surface area contributed by atoms with Gasteiger partial charge in [-0.3, -0.25) is 13.9 Å². The average Bonchev–Trinajstić information content (AvgIpc) is 2.58. The van der Waals surface area contributed by atoms with Crippen LogP contribution in [-0.4, -0.2) is 26.3 Å². The highest BCUT2D eigenvalue weighted by Gasteiger charge is 2.13. The number of aromatic nitrogens is 3. The summed E-state index contributed by atoms with van der Waals surface area (Å²) >= 11 is 0. The second kappa shape index (κ2) is 5.28. The lowest BCUT2D eigenvalue weighted by Crippen LogP contribution is -2.37. The molecular weight excluding hydrogens is 298 g/mol. The second-order valence-electron chi connectivity index (χ2n) is 5.16. The summed E-state index contributed by atoms with van der Waals surface area (Å²) in [5.41, 5.74) is 0.299. The van der Waals surface area contributed by atoms with Crippen molar-refractivity contribution in [3.8, 4) is 22.8 Å². The van der Waals surface area contributed by atoms with Gasteiger partial charge in [0.2, 0.25) is 0 Å². The number of nitrogens with zero attached hydrogens (tertiary/aromatic N) is 3. The number of pyridine rings is 1. The van der Waals surface area contributed by atoms with Crippen molar-refractivity contribution < 1.29 is 9.84 Å². The third-order valence-corrected chi connectivity index (χ3v) is 3.78. The Morgan fingerprint density at radius 2 is 1.83 bits per heavy atom. The van der Waals surface area contributed by atoms with Crippen molar-refractivity contribution in [3.63, 3.8) is 0 Å². The number of rotatable bonds is 2. The lowest BCUT2D eigenvalue weighted by atomic mass is 10.1. The Bertz CT molecular complexity index is 1030. The van der Waals surface area contributed by atoms with Crippen molar-refractivity contribution in [1.82, 2.24) is 14.1 Å². The summed E-state index contributed by atoms with van der Waals surface area (Å²) in [6, 6.07) is 8.00. The molecule has 0 amide bonds. The Balaban J connectivity index is 2.34. The maximum absolute atomic E-state index is 12.2. The molecule has 0 saturated carbocycles. The van der Waals surface area contributed by atoms with Crippen molar-refractivity contribution in [3.05, 3.63) is 51.2 Å². The van der Waals surface area contributed by atoms with Gasteiger partial charge in [-0.1, -0.05) is 0 Å². The highest BCUT2D eigenvalue weighted by atomic mass is 16.5. The molecule has 0 aliphatic heterocycles. The Labute approximate surface area is 131 Å². The first-order valence-corrected chi connectivity index (χ1v) is 6.88. The molecule has 0 fully saturated rings. The first-order valence-electron chi connectivity index (χ1n) is 6.88. The summed E-state index contributed by atoms with van der Waals surface area (Å²) in [4.78, 5) is 28.6. The molecule has 0 radical (unpaired) electrons. The highest BCUT2D eigenvalue weighted by Crippen LogP contribution is 2.31. The maximum Gasteiger partial charge on any atom is 0.332 e. The molecule has 0 saturated heterocycles. The Kier molecular flexibility index (Phi) is 3.40. The van der Waals surface area contributed by atoms with Gasteiger partial charge in [-0.2, -0.15) is 0 Å². The fraction of sp³-hybridized carbons (Fsp3) is 0.188. The average molecular weight is 313 g/mol. The van der Waals surface area contributed by atoms with Gasteiger partial charge in [0.1, 0.15) is 17.1 Å². The zero-order valence-corrected chi connectivity index (χ0v) is 12.9. The van der Waals surface area contributed by atoms with E-state index in [-0.39, 0.29) is 11.4 Å².